The third kappa shape index (κ3) is 2.74. The van der Waals surface area contributed by atoms with Crippen LogP contribution in [0.3, 0.4) is 0 Å². The molecular weight excluding hydrogens is 356 g/mol. The average Bonchev–Trinajstić information content (AvgIpc) is 3.31. The topological polar surface area (TPSA) is 89.4 Å². The SMILES string of the molecule is Cc1cc(C)n2nc(C(=O)N3CCc4oc(-c5cccnc5)nc4C3)cc2n1. The second-order valence-electron chi connectivity index (χ2n) is 6.95. The largest absolute Gasteiger partial charge is 0.441 e. The molecule has 28 heavy (non-hydrogen) atoms. The van der Waals surface area contributed by atoms with Crippen molar-refractivity contribution in [1.82, 2.24) is 29.5 Å². The number of fused-ring (bicyclic) bond motifs is 2. The number of amides is 1. The van der Waals surface area contributed by atoms with Crippen molar-refractivity contribution in [3.05, 3.63) is 65.2 Å². The Morgan fingerprint density at radius 1 is 1.21 bits per heavy atom. The van der Waals surface area contributed by atoms with Gasteiger partial charge in [-0.25, -0.2) is 14.5 Å². The summed E-state index contributed by atoms with van der Waals surface area (Å²) in [7, 11) is 0. The maximum Gasteiger partial charge on any atom is 0.274 e. The van der Waals surface area contributed by atoms with E-state index in [0.717, 1.165) is 28.4 Å². The molecule has 5 heterocycles. The van der Waals surface area contributed by atoms with Crippen molar-refractivity contribution >= 4 is 11.6 Å². The summed E-state index contributed by atoms with van der Waals surface area (Å²) >= 11 is 0. The molecule has 0 radical (unpaired) electrons. The molecule has 1 aliphatic heterocycles. The highest BCUT2D eigenvalue weighted by atomic mass is 16.4. The molecule has 0 N–H and O–H groups in total. The van der Waals surface area contributed by atoms with Crippen molar-refractivity contribution in [2.75, 3.05) is 6.54 Å². The minimum Gasteiger partial charge on any atom is -0.441 e. The van der Waals surface area contributed by atoms with Gasteiger partial charge in [0.1, 0.15) is 11.5 Å². The van der Waals surface area contributed by atoms with E-state index < -0.39 is 0 Å². The molecule has 4 aromatic heterocycles. The monoisotopic (exact) mass is 374 g/mol. The third-order valence-electron chi connectivity index (χ3n) is 4.88. The first kappa shape index (κ1) is 16.6. The van der Waals surface area contributed by atoms with Crippen LogP contribution >= 0.6 is 0 Å². The number of carbonyl (C=O) groups excluding carboxylic acids is 1. The van der Waals surface area contributed by atoms with E-state index in [1.807, 2.05) is 32.0 Å². The van der Waals surface area contributed by atoms with Crippen LogP contribution < -0.4 is 0 Å². The Bertz CT molecular complexity index is 1190. The molecule has 0 saturated carbocycles. The van der Waals surface area contributed by atoms with Gasteiger partial charge in [-0.3, -0.25) is 9.78 Å². The van der Waals surface area contributed by atoms with Gasteiger partial charge in [0.05, 0.1) is 12.1 Å². The average molecular weight is 374 g/mol. The summed E-state index contributed by atoms with van der Waals surface area (Å²) in [5.74, 6) is 1.24. The van der Waals surface area contributed by atoms with Crippen molar-refractivity contribution in [2.24, 2.45) is 0 Å². The van der Waals surface area contributed by atoms with Gasteiger partial charge in [0.15, 0.2) is 11.3 Å². The van der Waals surface area contributed by atoms with Crippen molar-refractivity contribution in [1.29, 1.82) is 0 Å². The fourth-order valence-corrected chi connectivity index (χ4v) is 3.54. The number of carbonyl (C=O) groups is 1. The van der Waals surface area contributed by atoms with Crippen molar-refractivity contribution in [2.45, 2.75) is 26.8 Å². The van der Waals surface area contributed by atoms with Crippen LogP contribution in [-0.4, -0.2) is 41.9 Å². The maximum atomic E-state index is 13.0. The minimum absolute atomic E-state index is 0.126. The van der Waals surface area contributed by atoms with E-state index in [-0.39, 0.29) is 5.91 Å². The maximum absolute atomic E-state index is 13.0. The summed E-state index contributed by atoms with van der Waals surface area (Å²) in [6.07, 6.45) is 4.05. The van der Waals surface area contributed by atoms with Crippen LogP contribution in [0.15, 0.2) is 41.1 Å². The van der Waals surface area contributed by atoms with E-state index >= 15 is 0 Å². The van der Waals surface area contributed by atoms with Crippen LogP contribution in [0.1, 0.15) is 33.3 Å². The van der Waals surface area contributed by atoms with E-state index in [0.29, 0.717) is 36.7 Å². The van der Waals surface area contributed by atoms with Crippen LogP contribution in [-0.2, 0) is 13.0 Å². The zero-order valence-corrected chi connectivity index (χ0v) is 15.6. The predicted molar refractivity (Wildman–Crippen MR) is 101 cm³/mol. The highest BCUT2D eigenvalue weighted by molar-refractivity contribution is 5.93. The molecule has 5 rings (SSSR count). The minimum atomic E-state index is -0.126. The number of pyridine rings is 1. The molecule has 0 atom stereocenters. The van der Waals surface area contributed by atoms with Crippen LogP contribution in [0.2, 0.25) is 0 Å². The first-order valence-electron chi connectivity index (χ1n) is 9.11. The lowest BCUT2D eigenvalue weighted by molar-refractivity contribution is 0.0721. The van der Waals surface area contributed by atoms with Gasteiger partial charge in [0.2, 0.25) is 5.89 Å². The Hall–Kier alpha value is -3.55. The Kier molecular flexibility index (Phi) is 3.71. The number of oxazole rings is 1. The zero-order valence-electron chi connectivity index (χ0n) is 15.6. The molecule has 140 valence electrons. The van der Waals surface area contributed by atoms with Gasteiger partial charge in [-0.05, 0) is 32.0 Å². The Labute approximate surface area is 160 Å². The highest BCUT2D eigenvalue weighted by Gasteiger charge is 2.28. The van der Waals surface area contributed by atoms with Crippen LogP contribution in [0.4, 0.5) is 0 Å². The fraction of sp³-hybridized carbons (Fsp3) is 0.250. The smallest absolute Gasteiger partial charge is 0.274 e. The van der Waals surface area contributed by atoms with Gasteiger partial charge in [-0.1, -0.05) is 0 Å². The molecule has 4 aromatic rings. The molecule has 0 unspecified atom stereocenters. The summed E-state index contributed by atoms with van der Waals surface area (Å²) in [6.45, 7) is 4.84. The van der Waals surface area contributed by atoms with E-state index in [1.165, 1.54) is 0 Å². The number of hydrogen-bond acceptors (Lipinski definition) is 6. The van der Waals surface area contributed by atoms with E-state index in [4.69, 9.17) is 4.42 Å². The van der Waals surface area contributed by atoms with Gasteiger partial charge in [0.25, 0.3) is 5.91 Å². The number of hydrogen-bond donors (Lipinski definition) is 0. The van der Waals surface area contributed by atoms with Gasteiger partial charge >= 0.3 is 0 Å². The second kappa shape index (κ2) is 6.26. The van der Waals surface area contributed by atoms with Crippen molar-refractivity contribution in [3.63, 3.8) is 0 Å². The molecule has 0 aromatic carbocycles. The van der Waals surface area contributed by atoms with E-state index in [1.54, 1.807) is 27.9 Å². The first-order valence-corrected chi connectivity index (χ1v) is 9.11. The standard InChI is InChI=1S/C20H18N6O2/c1-12-8-13(2)26-18(22-12)9-15(24-26)20(27)25-7-5-17-16(11-25)23-19(28-17)14-4-3-6-21-10-14/h3-4,6,8-10H,5,7,11H2,1-2H3. The Morgan fingerprint density at radius 3 is 2.93 bits per heavy atom. The van der Waals surface area contributed by atoms with Crippen molar-refractivity contribution < 1.29 is 9.21 Å². The van der Waals surface area contributed by atoms with Crippen LogP contribution in [0, 0.1) is 13.8 Å². The normalized spacial score (nSPS) is 13.7. The van der Waals surface area contributed by atoms with E-state index in [9.17, 15) is 4.79 Å². The third-order valence-corrected chi connectivity index (χ3v) is 4.88. The predicted octanol–water partition coefficient (Wildman–Crippen LogP) is 2.59. The molecule has 1 aliphatic rings. The lowest BCUT2D eigenvalue weighted by Gasteiger charge is -2.24. The fourth-order valence-electron chi connectivity index (χ4n) is 3.54. The quantitative estimate of drug-likeness (QED) is 0.536. The lowest BCUT2D eigenvalue weighted by Crippen LogP contribution is -2.36. The molecule has 0 spiro atoms. The summed E-state index contributed by atoms with van der Waals surface area (Å²) in [5.41, 5.74) is 4.52. The van der Waals surface area contributed by atoms with Gasteiger partial charge in [-0.15, -0.1) is 0 Å². The van der Waals surface area contributed by atoms with Crippen LogP contribution in [0.5, 0.6) is 0 Å². The highest BCUT2D eigenvalue weighted by Crippen LogP contribution is 2.26. The molecule has 0 aliphatic carbocycles. The number of rotatable bonds is 2. The molecular formula is C20H18N6O2. The van der Waals surface area contributed by atoms with Gasteiger partial charge in [-0.2, -0.15) is 5.10 Å². The second-order valence-corrected chi connectivity index (χ2v) is 6.95. The van der Waals surface area contributed by atoms with Gasteiger partial charge < -0.3 is 9.32 Å². The summed E-state index contributed by atoms with van der Waals surface area (Å²) in [6, 6.07) is 7.43. The molecule has 0 fully saturated rings. The molecule has 8 nitrogen and oxygen atoms in total. The summed E-state index contributed by atoms with van der Waals surface area (Å²) in [4.78, 5) is 27.9. The van der Waals surface area contributed by atoms with E-state index in [2.05, 4.69) is 20.1 Å². The number of aromatic nitrogens is 5. The molecule has 0 bridgehead atoms. The lowest BCUT2D eigenvalue weighted by atomic mass is 10.1. The van der Waals surface area contributed by atoms with Crippen LogP contribution in [0.25, 0.3) is 17.1 Å². The summed E-state index contributed by atoms with van der Waals surface area (Å²) in [5, 5.41) is 4.45. The Balaban J connectivity index is 1.42. The molecule has 1 amide bonds. The Morgan fingerprint density at radius 2 is 2.11 bits per heavy atom. The summed E-state index contributed by atoms with van der Waals surface area (Å²) < 4.78 is 7.58. The first-order chi connectivity index (χ1) is 13.6. The van der Waals surface area contributed by atoms with Crippen molar-refractivity contribution in [3.8, 4) is 11.5 Å². The zero-order chi connectivity index (χ0) is 19.3. The number of nitrogens with zero attached hydrogens (tertiary/aromatic N) is 6. The van der Waals surface area contributed by atoms with Gasteiger partial charge in [0, 0.05) is 42.8 Å². The molecule has 8 heteroatoms. The number of aryl methyl sites for hydroxylation is 2. The molecule has 0 saturated heterocycles.